The topological polar surface area (TPSA) is 57.5 Å². The largest absolute Gasteiger partial charge is 0.321 e. The summed E-state index contributed by atoms with van der Waals surface area (Å²) in [4.78, 5) is 11.2. The Balaban J connectivity index is 2.50. The number of nitrogens with one attached hydrogen (secondary N) is 1. The molecule has 0 aliphatic carbocycles. The van der Waals surface area contributed by atoms with Crippen LogP contribution < -0.4 is 5.32 Å². The molecule has 1 rings (SSSR count). The van der Waals surface area contributed by atoms with Crippen molar-refractivity contribution >= 4 is 17.3 Å². The molecule has 3 N–H and O–H groups in total. The van der Waals surface area contributed by atoms with Crippen LogP contribution in [0.2, 0.25) is 0 Å². The fraction of sp³-hybridized carbons (Fsp3) is 0.200. The van der Waals surface area contributed by atoms with Crippen molar-refractivity contribution in [3.63, 3.8) is 0 Å². The lowest BCUT2D eigenvalue weighted by Crippen LogP contribution is -2.82. The number of carbonyl (C=O) groups excluding carboxylic acids is 1. The fourth-order valence-corrected chi connectivity index (χ4v) is 1.05. The van der Waals surface area contributed by atoms with Crippen LogP contribution in [-0.4, -0.2) is 11.6 Å². The molecule has 0 spiro atoms. The Kier molecular flexibility index (Phi) is 3.34. The second-order valence-corrected chi connectivity index (χ2v) is 2.98. The summed E-state index contributed by atoms with van der Waals surface area (Å²) in [6.45, 7) is 1.64. The zero-order valence-electron chi connectivity index (χ0n) is 7.58. The summed E-state index contributed by atoms with van der Waals surface area (Å²) in [7, 11) is 0. The van der Waals surface area contributed by atoms with E-state index in [1.54, 1.807) is 12.2 Å². The maximum atomic E-state index is 11.2. The van der Waals surface area contributed by atoms with Gasteiger partial charge in [-0.3, -0.25) is 5.32 Å². The Morgan fingerprint density at radius 3 is 2.54 bits per heavy atom. The van der Waals surface area contributed by atoms with Gasteiger partial charge in [-0.2, -0.15) is 0 Å². The minimum absolute atomic E-state index is 0.0151. The SMILES string of the molecule is CC(=N)CC(=O)[NH2+]c1ccccc1. The van der Waals surface area contributed by atoms with E-state index in [1.807, 2.05) is 30.3 Å². The van der Waals surface area contributed by atoms with E-state index in [2.05, 4.69) is 0 Å². The number of quaternary nitrogens is 1. The molecule has 68 valence electrons. The molecule has 0 heterocycles. The number of hydrogen-bond acceptors (Lipinski definition) is 2. The van der Waals surface area contributed by atoms with Crippen molar-refractivity contribution in [2.75, 3.05) is 0 Å². The molecule has 0 unspecified atom stereocenters. The first-order valence-electron chi connectivity index (χ1n) is 4.15. The van der Waals surface area contributed by atoms with Gasteiger partial charge in [-0.25, -0.2) is 4.79 Å². The van der Waals surface area contributed by atoms with Crippen LogP contribution in [0.5, 0.6) is 0 Å². The van der Waals surface area contributed by atoms with Crippen LogP contribution >= 0.6 is 0 Å². The fourth-order valence-electron chi connectivity index (χ4n) is 1.05. The number of hydrogen-bond donors (Lipinski definition) is 2. The zero-order valence-corrected chi connectivity index (χ0v) is 7.58. The van der Waals surface area contributed by atoms with Crippen molar-refractivity contribution in [2.45, 2.75) is 13.3 Å². The van der Waals surface area contributed by atoms with E-state index in [0.29, 0.717) is 5.71 Å². The monoisotopic (exact) mass is 177 g/mol. The lowest BCUT2D eigenvalue weighted by molar-refractivity contribution is -0.482. The van der Waals surface area contributed by atoms with Crippen LogP contribution in [0.1, 0.15) is 13.3 Å². The number of para-hydroxylation sites is 1. The van der Waals surface area contributed by atoms with Crippen molar-refractivity contribution < 1.29 is 10.1 Å². The van der Waals surface area contributed by atoms with Gasteiger partial charge in [0.05, 0.1) is 0 Å². The van der Waals surface area contributed by atoms with E-state index < -0.39 is 0 Å². The van der Waals surface area contributed by atoms with Crippen LogP contribution in [0.3, 0.4) is 0 Å². The summed E-state index contributed by atoms with van der Waals surface area (Å²) < 4.78 is 0. The summed E-state index contributed by atoms with van der Waals surface area (Å²) in [5.74, 6) is -0.0151. The van der Waals surface area contributed by atoms with E-state index in [1.165, 1.54) is 0 Å². The summed E-state index contributed by atoms with van der Waals surface area (Å²) in [6.07, 6.45) is 0.217. The van der Waals surface area contributed by atoms with Crippen LogP contribution in [-0.2, 0) is 4.79 Å². The third kappa shape index (κ3) is 3.62. The molecule has 0 saturated heterocycles. The number of benzene rings is 1. The van der Waals surface area contributed by atoms with Crippen molar-refractivity contribution in [2.24, 2.45) is 0 Å². The Bertz CT molecular complexity index is 306. The highest BCUT2D eigenvalue weighted by Gasteiger charge is 2.07. The minimum Gasteiger partial charge on any atom is -0.309 e. The van der Waals surface area contributed by atoms with Gasteiger partial charge in [-0.1, -0.05) is 18.2 Å². The maximum Gasteiger partial charge on any atom is 0.321 e. The van der Waals surface area contributed by atoms with E-state index in [9.17, 15) is 4.79 Å². The molecule has 0 aliphatic heterocycles. The van der Waals surface area contributed by atoms with Crippen molar-refractivity contribution in [3.05, 3.63) is 30.3 Å². The maximum absolute atomic E-state index is 11.2. The molecule has 0 fully saturated rings. The van der Waals surface area contributed by atoms with Gasteiger partial charge >= 0.3 is 5.91 Å². The Labute approximate surface area is 77.3 Å². The number of rotatable bonds is 3. The van der Waals surface area contributed by atoms with Crippen LogP contribution in [0.4, 0.5) is 5.69 Å². The molecule has 0 saturated carbocycles. The van der Waals surface area contributed by atoms with Crippen molar-refractivity contribution in [1.82, 2.24) is 0 Å². The molecule has 0 aromatic heterocycles. The Morgan fingerprint density at radius 1 is 1.38 bits per heavy atom. The third-order valence-corrected chi connectivity index (χ3v) is 1.57. The van der Waals surface area contributed by atoms with Crippen LogP contribution in [0, 0.1) is 5.41 Å². The average molecular weight is 177 g/mol. The zero-order chi connectivity index (χ0) is 9.68. The lowest BCUT2D eigenvalue weighted by Gasteiger charge is -1.96. The Morgan fingerprint density at radius 2 is 2.00 bits per heavy atom. The molecule has 13 heavy (non-hydrogen) atoms. The van der Waals surface area contributed by atoms with E-state index in [4.69, 9.17) is 5.41 Å². The molecular weight excluding hydrogens is 164 g/mol. The molecule has 1 aromatic carbocycles. The number of primary amides is 1. The molecule has 0 atom stereocenters. The van der Waals surface area contributed by atoms with E-state index in [0.717, 1.165) is 5.69 Å². The quantitative estimate of drug-likeness (QED) is 0.521. The van der Waals surface area contributed by atoms with Gasteiger partial charge < -0.3 is 5.41 Å². The van der Waals surface area contributed by atoms with E-state index >= 15 is 0 Å². The molecule has 1 amide bonds. The molecule has 3 heteroatoms. The second kappa shape index (κ2) is 4.52. The molecule has 3 nitrogen and oxygen atoms in total. The highest BCUT2D eigenvalue weighted by Crippen LogP contribution is 1.96. The molecule has 0 bridgehead atoms. The second-order valence-electron chi connectivity index (χ2n) is 2.98. The molecule has 0 aliphatic rings. The standard InChI is InChI=1S/C10H12N2O/c1-8(11)7-10(13)12-9-5-3-2-4-6-9/h2-6,11H,7H2,1H3,(H,12,13)/p+1. The first-order valence-corrected chi connectivity index (χ1v) is 4.15. The van der Waals surface area contributed by atoms with Crippen molar-refractivity contribution in [1.29, 1.82) is 5.41 Å². The highest BCUT2D eigenvalue weighted by molar-refractivity contribution is 5.94. The van der Waals surface area contributed by atoms with Gasteiger partial charge in [0.15, 0.2) is 0 Å². The van der Waals surface area contributed by atoms with Crippen molar-refractivity contribution in [3.8, 4) is 0 Å². The van der Waals surface area contributed by atoms with Gasteiger partial charge in [0.25, 0.3) is 0 Å². The van der Waals surface area contributed by atoms with Crippen LogP contribution in [0.15, 0.2) is 30.3 Å². The first kappa shape index (κ1) is 9.61. The predicted octanol–water partition coefficient (Wildman–Crippen LogP) is 0.838. The lowest BCUT2D eigenvalue weighted by atomic mass is 10.2. The summed E-state index contributed by atoms with van der Waals surface area (Å²) in [5, 5.41) is 8.72. The predicted molar refractivity (Wildman–Crippen MR) is 51.1 cm³/mol. The molecule has 0 radical (unpaired) electrons. The summed E-state index contributed by atoms with van der Waals surface area (Å²) in [6, 6.07) is 9.42. The van der Waals surface area contributed by atoms with E-state index in [-0.39, 0.29) is 12.3 Å². The van der Waals surface area contributed by atoms with Gasteiger partial charge in [0.1, 0.15) is 12.1 Å². The van der Waals surface area contributed by atoms with Gasteiger partial charge in [0.2, 0.25) is 0 Å². The third-order valence-electron chi connectivity index (χ3n) is 1.57. The van der Waals surface area contributed by atoms with Gasteiger partial charge in [0, 0.05) is 5.71 Å². The number of nitrogens with two attached hydrogens (primary N) is 1. The van der Waals surface area contributed by atoms with Gasteiger partial charge in [-0.15, -0.1) is 0 Å². The molecular formula is C10H13N2O+. The first-order chi connectivity index (χ1) is 6.18. The average Bonchev–Trinajstić information content (AvgIpc) is 2.04. The normalized spacial score (nSPS) is 9.62. The summed E-state index contributed by atoms with van der Waals surface area (Å²) >= 11 is 0. The van der Waals surface area contributed by atoms with Crippen LogP contribution in [0.25, 0.3) is 0 Å². The smallest absolute Gasteiger partial charge is 0.309 e. The number of carbonyl (C=O) groups is 1. The Hall–Kier alpha value is -1.48. The number of amides is 1. The highest BCUT2D eigenvalue weighted by atomic mass is 16.1. The van der Waals surface area contributed by atoms with Gasteiger partial charge in [-0.05, 0) is 19.1 Å². The minimum atomic E-state index is -0.0151. The summed E-state index contributed by atoms with van der Waals surface area (Å²) in [5.41, 5.74) is 1.30. The molecule has 1 aromatic rings.